The Morgan fingerprint density at radius 3 is 1.65 bits per heavy atom. The Labute approximate surface area is 153 Å². The summed E-state index contributed by atoms with van der Waals surface area (Å²) in [5.41, 5.74) is -0.246. The van der Waals surface area contributed by atoms with Crippen molar-refractivity contribution in [3.63, 3.8) is 0 Å². The van der Waals surface area contributed by atoms with Gasteiger partial charge in [0.15, 0.2) is 0 Å². The molecule has 0 radical (unpaired) electrons. The van der Waals surface area contributed by atoms with Gasteiger partial charge in [-0.05, 0) is 45.3 Å². The van der Waals surface area contributed by atoms with Gasteiger partial charge in [-0.3, -0.25) is 0 Å². The van der Waals surface area contributed by atoms with Gasteiger partial charge in [-0.2, -0.15) is 13.2 Å². The molecule has 0 amide bonds. The lowest BCUT2D eigenvalue weighted by Gasteiger charge is -2.32. The summed E-state index contributed by atoms with van der Waals surface area (Å²) in [5, 5.41) is 0. The van der Waals surface area contributed by atoms with Crippen LogP contribution in [0.2, 0.25) is 0 Å². The van der Waals surface area contributed by atoms with Crippen LogP contribution in [0.5, 0.6) is 5.75 Å². The lowest BCUT2D eigenvalue weighted by Crippen LogP contribution is -2.41. The van der Waals surface area contributed by atoms with Crippen LogP contribution in [0.4, 0.5) is 13.2 Å². The second kappa shape index (κ2) is 8.48. The Balaban J connectivity index is 0.000000417. The summed E-state index contributed by atoms with van der Waals surface area (Å²) in [6.07, 6.45) is 5.00. The van der Waals surface area contributed by atoms with Gasteiger partial charge in [-0.25, -0.2) is 0 Å². The monoisotopic (exact) mass is 370 g/mol. The van der Waals surface area contributed by atoms with E-state index in [2.05, 4.69) is 4.74 Å². The van der Waals surface area contributed by atoms with Gasteiger partial charge in [-0.15, -0.1) is 0 Å². The van der Waals surface area contributed by atoms with Gasteiger partial charge in [0.25, 0.3) is 0 Å². The topological polar surface area (TPSA) is 27.7 Å². The molecule has 2 fully saturated rings. The molecule has 1 aromatic carbocycles. The van der Waals surface area contributed by atoms with Crippen molar-refractivity contribution in [3.8, 4) is 5.75 Å². The summed E-state index contributed by atoms with van der Waals surface area (Å²) in [6, 6.07) is 4.02. The van der Waals surface area contributed by atoms with Crippen LogP contribution in [-0.4, -0.2) is 18.3 Å². The highest BCUT2D eigenvalue weighted by atomic mass is 19.3. The molecule has 0 bridgehead atoms. The molecule has 0 N–H and O–H groups in total. The summed E-state index contributed by atoms with van der Waals surface area (Å²) < 4.78 is 52.6. The van der Waals surface area contributed by atoms with E-state index in [1.807, 2.05) is 27.7 Å². The molecule has 1 saturated carbocycles. The number of ether oxygens (including phenoxy) is 1. The van der Waals surface area contributed by atoms with Crippen molar-refractivity contribution in [1.29, 1.82) is 0 Å². The smallest absolute Gasteiger partial charge is 0.428 e. The third-order valence-electron chi connectivity index (χ3n) is 5.01. The molecule has 1 saturated heterocycles. The first-order valence-corrected chi connectivity index (χ1v) is 8.96. The van der Waals surface area contributed by atoms with Crippen LogP contribution in [0.3, 0.4) is 0 Å². The Kier molecular flexibility index (Phi) is 6.80. The second-order valence-corrected chi connectivity index (χ2v) is 7.56. The van der Waals surface area contributed by atoms with E-state index in [0.717, 1.165) is 0 Å². The van der Waals surface area contributed by atoms with E-state index < -0.39 is 30.4 Å². The summed E-state index contributed by atoms with van der Waals surface area (Å²) in [7, 11) is -0.567. The minimum absolute atomic E-state index is 0.0273. The van der Waals surface area contributed by atoms with Gasteiger partial charge in [-0.1, -0.05) is 44.2 Å². The third kappa shape index (κ3) is 5.27. The average Bonchev–Trinajstić information content (AvgIpc) is 3.19. The average molecular weight is 370 g/mol. The van der Waals surface area contributed by atoms with E-state index in [1.165, 1.54) is 44.2 Å². The summed E-state index contributed by atoms with van der Waals surface area (Å²) in [6.45, 7) is 7.70. The molecule has 144 valence electrons. The number of benzene rings is 1. The highest BCUT2D eigenvalue weighted by Crippen LogP contribution is 2.36. The van der Waals surface area contributed by atoms with E-state index in [-0.39, 0.29) is 5.75 Å². The van der Waals surface area contributed by atoms with E-state index in [1.54, 1.807) is 12.1 Å². The van der Waals surface area contributed by atoms with Gasteiger partial charge in [0.05, 0.1) is 11.2 Å². The molecule has 3 nitrogen and oxygen atoms in total. The molecule has 1 aliphatic heterocycles. The van der Waals surface area contributed by atoms with Crippen LogP contribution in [0.25, 0.3) is 0 Å². The van der Waals surface area contributed by atoms with Crippen LogP contribution in [0.15, 0.2) is 36.4 Å². The van der Waals surface area contributed by atoms with E-state index in [9.17, 15) is 13.2 Å². The molecule has 0 spiro atoms. The summed E-state index contributed by atoms with van der Waals surface area (Å²) in [4.78, 5) is 0. The maximum Gasteiger partial charge on any atom is 0.494 e. The first-order valence-electron chi connectivity index (χ1n) is 8.96. The molecular formula is C19H26BF3O3. The zero-order chi connectivity index (χ0) is 19.4. The lowest BCUT2D eigenvalue weighted by atomic mass is 9.79. The number of halogens is 3. The number of hydrogen-bond donors (Lipinski definition) is 0. The highest BCUT2D eigenvalue weighted by Gasteiger charge is 2.51. The van der Waals surface area contributed by atoms with Crippen molar-refractivity contribution in [2.45, 2.75) is 71.0 Å². The fraction of sp³-hybridized carbons (Fsp3) is 0.579. The van der Waals surface area contributed by atoms with Crippen LogP contribution in [-0.2, 0) is 9.31 Å². The van der Waals surface area contributed by atoms with Crippen molar-refractivity contribution >= 4 is 12.6 Å². The molecule has 2 aliphatic rings. The molecule has 1 heterocycles. The maximum absolute atomic E-state index is 12.7. The number of hydrogen-bond acceptors (Lipinski definition) is 3. The molecule has 0 aromatic heterocycles. The minimum Gasteiger partial charge on any atom is -0.428 e. The van der Waals surface area contributed by atoms with Gasteiger partial charge in [0.2, 0.25) is 0 Å². The zero-order valence-corrected chi connectivity index (χ0v) is 15.8. The van der Waals surface area contributed by atoms with Crippen LogP contribution in [0.1, 0.15) is 59.8 Å². The van der Waals surface area contributed by atoms with Crippen molar-refractivity contribution in [1.82, 2.24) is 0 Å². The highest BCUT2D eigenvalue weighted by molar-refractivity contribution is 6.62. The van der Waals surface area contributed by atoms with Gasteiger partial charge < -0.3 is 14.0 Å². The minimum atomic E-state index is -2.50. The Morgan fingerprint density at radius 1 is 0.846 bits per heavy atom. The van der Waals surface area contributed by atoms with Crippen LogP contribution in [0, 0.1) is 0 Å². The van der Waals surface area contributed by atoms with Crippen molar-refractivity contribution in [2.75, 3.05) is 0 Å². The second-order valence-electron chi connectivity index (χ2n) is 7.56. The fourth-order valence-corrected chi connectivity index (χ4v) is 2.70. The molecule has 7 heteroatoms. The Bertz CT molecular complexity index is 598. The predicted octanol–water partition coefficient (Wildman–Crippen LogP) is 5.35. The van der Waals surface area contributed by atoms with Crippen molar-refractivity contribution in [2.24, 2.45) is 0 Å². The van der Waals surface area contributed by atoms with Crippen LogP contribution >= 0.6 is 0 Å². The normalized spacial score (nSPS) is 20.3. The molecular weight excluding hydrogens is 344 g/mol. The van der Waals surface area contributed by atoms with Crippen LogP contribution < -0.4 is 10.2 Å². The number of rotatable bonds is 3. The van der Waals surface area contributed by atoms with Gasteiger partial charge in [0, 0.05) is 0 Å². The first kappa shape index (κ1) is 20.8. The molecule has 0 atom stereocenters. The SMILES string of the molecule is C1CCCC1.CC1(C)OB(c2ccc(OC(F)=C(F)F)cc2)OC1(C)C. The zero-order valence-electron chi connectivity index (χ0n) is 15.8. The molecule has 1 aliphatic carbocycles. The quantitative estimate of drug-likeness (QED) is 0.530. The van der Waals surface area contributed by atoms with E-state index in [4.69, 9.17) is 9.31 Å². The summed E-state index contributed by atoms with van der Waals surface area (Å²) >= 11 is 0. The lowest BCUT2D eigenvalue weighted by molar-refractivity contribution is 0.00578. The largest absolute Gasteiger partial charge is 0.494 e. The van der Waals surface area contributed by atoms with Crippen molar-refractivity contribution in [3.05, 3.63) is 36.4 Å². The Morgan fingerprint density at radius 2 is 1.27 bits per heavy atom. The van der Waals surface area contributed by atoms with E-state index in [0.29, 0.717) is 5.46 Å². The fourth-order valence-electron chi connectivity index (χ4n) is 2.70. The van der Waals surface area contributed by atoms with Crippen molar-refractivity contribution < 1.29 is 27.2 Å². The molecule has 3 rings (SSSR count). The third-order valence-corrected chi connectivity index (χ3v) is 5.01. The van der Waals surface area contributed by atoms with Gasteiger partial charge >= 0.3 is 19.2 Å². The first-order chi connectivity index (χ1) is 12.1. The molecule has 0 unspecified atom stereocenters. The molecule has 1 aromatic rings. The Hall–Kier alpha value is -1.47. The van der Waals surface area contributed by atoms with Gasteiger partial charge in [0.1, 0.15) is 5.75 Å². The predicted molar refractivity (Wildman–Crippen MR) is 96.2 cm³/mol. The van der Waals surface area contributed by atoms with E-state index >= 15 is 0 Å². The standard InChI is InChI=1S/C14H16BF3O3.C5H10/c1-13(2)14(3,4)21-15(20-13)9-5-7-10(8-6-9)19-12(18)11(16)17;1-2-4-5-3-1/h5-8H,1-4H3;1-5H2. The maximum atomic E-state index is 12.7. The summed E-state index contributed by atoms with van der Waals surface area (Å²) in [5.74, 6) is -0.0273. The molecule has 26 heavy (non-hydrogen) atoms.